The van der Waals surface area contributed by atoms with E-state index in [0.717, 1.165) is 6.42 Å². The fourth-order valence-electron chi connectivity index (χ4n) is 1.52. The van der Waals surface area contributed by atoms with E-state index in [0.29, 0.717) is 13.2 Å². The van der Waals surface area contributed by atoms with Crippen LogP contribution in [-0.2, 0) is 14.3 Å². The number of nitrogens with one attached hydrogen (secondary N) is 1. The molecule has 0 aliphatic heterocycles. The number of nitrogens with zero attached hydrogens (tertiary/aromatic N) is 1. The predicted octanol–water partition coefficient (Wildman–Crippen LogP) is 0.399. The zero-order chi connectivity index (χ0) is 14.0. The monoisotopic (exact) mass is 254 g/mol. The Morgan fingerprint density at radius 3 is 2.61 bits per heavy atom. The largest absolute Gasteiger partial charge is 0.465 e. The molecule has 5 nitrogen and oxygen atoms in total. The Kier molecular flexibility index (Phi) is 8.67. The fraction of sp³-hybridized carbons (Fsp3) is 0.692. The molecule has 0 spiro atoms. The summed E-state index contributed by atoms with van der Waals surface area (Å²) in [5, 5.41) is 2.61. The van der Waals surface area contributed by atoms with Crippen LogP contribution < -0.4 is 5.32 Å². The van der Waals surface area contributed by atoms with E-state index in [-0.39, 0.29) is 25.0 Å². The van der Waals surface area contributed by atoms with Crippen LogP contribution in [0.5, 0.6) is 0 Å². The van der Waals surface area contributed by atoms with Crippen molar-refractivity contribution in [3.05, 3.63) is 0 Å². The first kappa shape index (κ1) is 16.5. The number of terminal acetylenes is 1. The van der Waals surface area contributed by atoms with Gasteiger partial charge in [0, 0.05) is 0 Å². The van der Waals surface area contributed by atoms with E-state index < -0.39 is 6.04 Å². The number of hydrogen-bond donors (Lipinski definition) is 1. The molecule has 1 unspecified atom stereocenters. The van der Waals surface area contributed by atoms with Crippen LogP contribution in [0.2, 0.25) is 0 Å². The van der Waals surface area contributed by atoms with E-state index in [4.69, 9.17) is 11.2 Å². The van der Waals surface area contributed by atoms with Gasteiger partial charge >= 0.3 is 5.97 Å². The molecule has 0 aliphatic carbocycles. The lowest BCUT2D eigenvalue weighted by Gasteiger charge is -2.26. The Morgan fingerprint density at radius 1 is 1.44 bits per heavy atom. The molecule has 0 saturated heterocycles. The first-order chi connectivity index (χ1) is 8.56. The average molecular weight is 254 g/mol. The Morgan fingerprint density at radius 2 is 2.11 bits per heavy atom. The van der Waals surface area contributed by atoms with Gasteiger partial charge in [0.2, 0.25) is 5.91 Å². The molecule has 5 heteroatoms. The summed E-state index contributed by atoms with van der Waals surface area (Å²) in [6, 6.07) is -0.400. The Bertz CT molecular complexity index is 310. The average Bonchev–Trinajstić information content (AvgIpc) is 2.34. The zero-order valence-electron chi connectivity index (χ0n) is 11.4. The molecule has 1 atom stereocenters. The van der Waals surface area contributed by atoms with Crippen LogP contribution in [0.25, 0.3) is 0 Å². The van der Waals surface area contributed by atoms with Crippen molar-refractivity contribution in [3.63, 3.8) is 0 Å². The molecule has 0 saturated carbocycles. The molecule has 0 bridgehead atoms. The van der Waals surface area contributed by atoms with E-state index in [1.54, 1.807) is 18.7 Å². The first-order valence-electron chi connectivity index (χ1n) is 6.17. The zero-order valence-corrected chi connectivity index (χ0v) is 11.4. The Hall–Kier alpha value is -1.54. The van der Waals surface area contributed by atoms with Crippen molar-refractivity contribution in [2.24, 2.45) is 0 Å². The smallest absolute Gasteiger partial charge is 0.320 e. The molecule has 0 radical (unpaired) electrons. The van der Waals surface area contributed by atoms with Crippen molar-refractivity contribution >= 4 is 11.9 Å². The SMILES string of the molecule is C#CCNC(=O)C(C)N(CCC)CC(=O)OCC. The number of rotatable bonds is 8. The minimum Gasteiger partial charge on any atom is -0.465 e. The van der Waals surface area contributed by atoms with Gasteiger partial charge in [-0.2, -0.15) is 0 Å². The second-order valence-electron chi connectivity index (χ2n) is 3.87. The van der Waals surface area contributed by atoms with E-state index in [1.165, 1.54) is 0 Å². The summed E-state index contributed by atoms with van der Waals surface area (Å²) in [5.41, 5.74) is 0. The Balaban J connectivity index is 4.43. The molecular weight excluding hydrogens is 232 g/mol. The third-order valence-electron chi connectivity index (χ3n) is 2.44. The third-order valence-corrected chi connectivity index (χ3v) is 2.44. The summed E-state index contributed by atoms with van der Waals surface area (Å²) in [7, 11) is 0. The number of carbonyl (C=O) groups excluding carboxylic acids is 2. The summed E-state index contributed by atoms with van der Waals surface area (Å²) < 4.78 is 4.89. The van der Waals surface area contributed by atoms with Gasteiger partial charge in [-0.05, 0) is 26.8 Å². The van der Waals surface area contributed by atoms with E-state index in [1.807, 2.05) is 6.92 Å². The molecule has 0 rings (SSSR count). The van der Waals surface area contributed by atoms with Gasteiger partial charge in [-0.1, -0.05) is 12.8 Å². The van der Waals surface area contributed by atoms with Crippen molar-refractivity contribution in [2.75, 3.05) is 26.2 Å². The third kappa shape index (κ3) is 6.26. The maximum atomic E-state index is 11.8. The lowest BCUT2D eigenvalue weighted by atomic mass is 10.2. The van der Waals surface area contributed by atoms with Crippen LogP contribution in [0.15, 0.2) is 0 Å². The van der Waals surface area contributed by atoms with E-state index in [9.17, 15) is 9.59 Å². The second kappa shape index (κ2) is 9.49. The molecule has 0 aromatic heterocycles. The lowest BCUT2D eigenvalue weighted by molar-refractivity contribution is -0.145. The highest BCUT2D eigenvalue weighted by Gasteiger charge is 2.22. The number of hydrogen-bond acceptors (Lipinski definition) is 4. The van der Waals surface area contributed by atoms with E-state index >= 15 is 0 Å². The highest BCUT2D eigenvalue weighted by Crippen LogP contribution is 2.01. The number of carbonyl (C=O) groups is 2. The first-order valence-corrected chi connectivity index (χ1v) is 6.17. The van der Waals surface area contributed by atoms with E-state index in [2.05, 4.69) is 11.2 Å². The molecule has 102 valence electrons. The van der Waals surface area contributed by atoms with Gasteiger partial charge < -0.3 is 10.1 Å². The molecular formula is C13H22N2O3. The standard InChI is InChI=1S/C13H22N2O3/c1-5-8-14-13(17)11(4)15(9-6-2)10-12(16)18-7-3/h1,11H,6-10H2,2-4H3,(H,14,17). The summed E-state index contributed by atoms with van der Waals surface area (Å²) in [4.78, 5) is 25.0. The van der Waals surface area contributed by atoms with Crippen LogP contribution in [0.1, 0.15) is 27.2 Å². The van der Waals surface area contributed by atoms with Gasteiger partial charge in [0.05, 0.1) is 25.7 Å². The Labute approximate surface area is 109 Å². The van der Waals surface area contributed by atoms with Crippen LogP contribution in [0.3, 0.4) is 0 Å². The van der Waals surface area contributed by atoms with Gasteiger partial charge in [-0.3, -0.25) is 14.5 Å². The lowest BCUT2D eigenvalue weighted by Crippen LogP contribution is -2.47. The van der Waals surface area contributed by atoms with Gasteiger partial charge in [0.1, 0.15) is 0 Å². The fourth-order valence-corrected chi connectivity index (χ4v) is 1.52. The highest BCUT2D eigenvalue weighted by molar-refractivity contribution is 5.82. The molecule has 0 aromatic rings. The quantitative estimate of drug-likeness (QED) is 0.503. The molecule has 1 amide bonds. The van der Waals surface area contributed by atoms with Crippen molar-refractivity contribution in [2.45, 2.75) is 33.2 Å². The molecule has 1 N–H and O–H groups in total. The minimum absolute atomic E-state index is 0.117. The van der Waals surface area contributed by atoms with Crippen molar-refractivity contribution < 1.29 is 14.3 Å². The van der Waals surface area contributed by atoms with Crippen LogP contribution >= 0.6 is 0 Å². The van der Waals surface area contributed by atoms with Crippen molar-refractivity contribution in [3.8, 4) is 12.3 Å². The van der Waals surface area contributed by atoms with Crippen LogP contribution in [-0.4, -0.2) is 49.1 Å². The van der Waals surface area contributed by atoms with Gasteiger partial charge in [-0.25, -0.2) is 0 Å². The summed E-state index contributed by atoms with van der Waals surface area (Å²) >= 11 is 0. The highest BCUT2D eigenvalue weighted by atomic mass is 16.5. The molecule has 18 heavy (non-hydrogen) atoms. The van der Waals surface area contributed by atoms with Gasteiger partial charge in [0.25, 0.3) is 0 Å². The molecule has 0 heterocycles. The summed E-state index contributed by atoms with van der Waals surface area (Å²) in [6.07, 6.45) is 5.93. The second-order valence-corrected chi connectivity index (χ2v) is 3.87. The maximum absolute atomic E-state index is 11.8. The maximum Gasteiger partial charge on any atom is 0.320 e. The van der Waals surface area contributed by atoms with Gasteiger partial charge in [-0.15, -0.1) is 6.42 Å². The van der Waals surface area contributed by atoms with Crippen LogP contribution in [0.4, 0.5) is 0 Å². The minimum atomic E-state index is -0.400. The topological polar surface area (TPSA) is 58.6 Å². The number of esters is 1. The predicted molar refractivity (Wildman–Crippen MR) is 69.8 cm³/mol. The van der Waals surface area contributed by atoms with Crippen LogP contribution in [0, 0.1) is 12.3 Å². The molecule has 0 fully saturated rings. The van der Waals surface area contributed by atoms with Gasteiger partial charge in [0.15, 0.2) is 0 Å². The molecule has 0 aliphatic rings. The number of ether oxygens (including phenoxy) is 1. The number of amides is 1. The summed E-state index contributed by atoms with van der Waals surface area (Å²) in [6.45, 7) is 6.81. The molecule has 0 aromatic carbocycles. The van der Waals surface area contributed by atoms with Crippen molar-refractivity contribution in [1.29, 1.82) is 0 Å². The normalized spacial score (nSPS) is 11.7. The summed E-state index contributed by atoms with van der Waals surface area (Å²) in [5.74, 6) is 1.85. The van der Waals surface area contributed by atoms with Crippen molar-refractivity contribution in [1.82, 2.24) is 10.2 Å².